The van der Waals surface area contributed by atoms with Crippen molar-refractivity contribution in [3.63, 3.8) is 0 Å². The highest BCUT2D eigenvalue weighted by Crippen LogP contribution is 2.19. The summed E-state index contributed by atoms with van der Waals surface area (Å²) in [5.41, 5.74) is 2.56. The Hall–Kier alpha value is 0.190. The van der Waals surface area contributed by atoms with Crippen LogP contribution < -0.4 is 0 Å². The van der Waals surface area contributed by atoms with Gasteiger partial charge in [0.15, 0.2) is 0 Å². The lowest BCUT2D eigenvalue weighted by Crippen LogP contribution is -2.34. The van der Waals surface area contributed by atoms with Gasteiger partial charge in [-0.15, -0.1) is 11.6 Å². The molecule has 17 heavy (non-hydrogen) atoms. The molecule has 0 bridgehead atoms. The zero-order valence-corrected chi connectivity index (χ0v) is 14.1. The van der Waals surface area contributed by atoms with Crippen LogP contribution in [0.5, 0.6) is 0 Å². The summed E-state index contributed by atoms with van der Waals surface area (Å²) >= 11 is 8.41. The highest BCUT2D eigenvalue weighted by Gasteiger charge is 2.18. The standard InChI is InChI=1S/C12H21ClIN3/c1-8(2)17(6-9(3)13)7-11-10(4)16(5)15-12(11)14/h8-9H,6-7H2,1-5H3/t9-/m1/s1. The molecule has 1 rings (SSSR count). The lowest BCUT2D eigenvalue weighted by Gasteiger charge is -2.27. The number of hydrogen-bond acceptors (Lipinski definition) is 2. The first kappa shape index (κ1) is 15.2. The maximum atomic E-state index is 6.10. The van der Waals surface area contributed by atoms with Gasteiger partial charge in [0.25, 0.3) is 0 Å². The minimum atomic E-state index is 0.173. The summed E-state index contributed by atoms with van der Waals surface area (Å²) in [4.78, 5) is 2.39. The maximum absolute atomic E-state index is 6.10. The van der Waals surface area contributed by atoms with Crippen molar-refractivity contribution in [2.75, 3.05) is 6.54 Å². The SMILES string of the molecule is Cc1c(CN(C[C@@H](C)Cl)C(C)C)c(I)nn1C. The topological polar surface area (TPSA) is 21.1 Å². The summed E-state index contributed by atoms with van der Waals surface area (Å²) in [6.45, 7) is 10.4. The van der Waals surface area contributed by atoms with Crippen LogP contribution in [0.2, 0.25) is 0 Å². The molecule has 0 unspecified atom stereocenters. The largest absolute Gasteiger partial charge is 0.295 e. The predicted molar refractivity (Wildman–Crippen MR) is 81.5 cm³/mol. The molecule has 0 N–H and O–H groups in total. The van der Waals surface area contributed by atoms with Crippen LogP contribution >= 0.6 is 34.2 Å². The van der Waals surface area contributed by atoms with Crippen LogP contribution in [0, 0.1) is 10.6 Å². The van der Waals surface area contributed by atoms with Gasteiger partial charge in [-0.2, -0.15) is 5.10 Å². The molecule has 1 heterocycles. The fourth-order valence-electron chi connectivity index (χ4n) is 1.78. The second-order valence-electron chi connectivity index (χ2n) is 4.78. The van der Waals surface area contributed by atoms with Gasteiger partial charge in [-0.3, -0.25) is 9.58 Å². The number of aromatic nitrogens is 2. The van der Waals surface area contributed by atoms with E-state index in [-0.39, 0.29) is 5.38 Å². The molecule has 0 spiro atoms. The van der Waals surface area contributed by atoms with Gasteiger partial charge in [0.05, 0.1) is 0 Å². The zero-order chi connectivity index (χ0) is 13.2. The van der Waals surface area contributed by atoms with Crippen LogP contribution in [-0.2, 0) is 13.6 Å². The molecule has 0 fully saturated rings. The van der Waals surface area contributed by atoms with E-state index in [4.69, 9.17) is 11.6 Å². The number of hydrogen-bond donors (Lipinski definition) is 0. The van der Waals surface area contributed by atoms with Gasteiger partial charge in [-0.05, 0) is 50.3 Å². The smallest absolute Gasteiger partial charge is 0.128 e. The molecule has 1 atom stereocenters. The van der Waals surface area contributed by atoms with E-state index in [0.717, 1.165) is 16.8 Å². The number of halogens is 2. The van der Waals surface area contributed by atoms with Crippen molar-refractivity contribution >= 4 is 34.2 Å². The molecule has 0 amide bonds. The molecule has 0 aliphatic rings. The second-order valence-corrected chi connectivity index (χ2v) is 6.55. The summed E-state index contributed by atoms with van der Waals surface area (Å²) in [5.74, 6) is 0. The summed E-state index contributed by atoms with van der Waals surface area (Å²) < 4.78 is 3.04. The molecular weight excluding hydrogens is 349 g/mol. The monoisotopic (exact) mass is 369 g/mol. The van der Waals surface area contributed by atoms with E-state index in [9.17, 15) is 0 Å². The van der Waals surface area contributed by atoms with E-state index in [1.54, 1.807) is 0 Å². The first-order valence-corrected chi connectivity index (χ1v) is 7.40. The Labute approximate surface area is 123 Å². The lowest BCUT2D eigenvalue weighted by atomic mass is 10.2. The summed E-state index contributed by atoms with van der Waals surface area (Å²) in [6.07, 6.45) is 0. The Morgan fingerprint density at radius 2 is 2.00 bits per heavy atom. The first-order chi connectivity index (χ1) is 7.82. The van der Waals surface area contributed by atoms with Crippen molar-refractivity contribution in [1.82, 2.24) is 14.7 Å². The van der Waals surface area contributed by atoms with Crippen molar-refractivity contribution < 1.29 is 0 Å². The van der Waals surface area contributed by atoms with Crippen molar-refractivity contribution in [2.45, 2.75) is 45.7 Å². The quantitative estimate of drug-likeness (QED) is 0.587. The van der Waals surface area contributed by atoms with Crippen molar-refractivity contribution in [1.29, 1.82) is 0 Å². The Balaban J connectivity index is 2.86. The molecule has 3 nitrogen and oxygen atoms in total. The summed E-state index contributed by atoms with van der Waals surface area (Å²) in [5, 5.41) is 4.62. The highest BCUT2D eigenvalue weighted by atomic mass is 127. The lowest BCUT2D eigenvalue weighted by molar-refractivity contribution is 0.214. The van der Waals surface area contributed by atoms with E-state index < -0.39 is 0 Å². The summed E-state index contributed by atoms with van der Waals surface area (Å²) in [6, 6.07) is 0.492. The molecule has 0 aliphatic heterocycles. The van der Waals surface area contributed by atoms with Crippen molar-refractivity contribution in [3.05, 3.63) is 15.0 Å². The average molecular weight is 370 g/mol. The second kappa shape index (κ2) is 6.38. The summed E-state index contributed by atoms with van der Waals surface area (Å²) in [7, 11) is 1.99. The molecule has 0 saturated heterocycles. The maximum Gasteiger partial charge on any atom is 0.128 e. The van der Waals surface area contributed by atoms with Gasteiger partial charge in [0.2, 0.25) is 0 Å². The molecule has 1 aromatic heterocycles. The number of rotatable bonds is 5. The van der Waals surface area contributed by atoms with Gasteiger partial charge in [-0.1, -0.05) is 0 Å². The van der Waals surface area contributed by atoms with Crippen molar-refractivity contribution in [3.8, 4) is 0 Å². The van der Waals surface area contributed by atoms with Crippen LogP contribution in [0.1, 0.15) is 32.0 Å². The van der Waals surface area contributed by atoms with Gasteiger partial charge in [-0.25, -0.2) is 0 Å². The van der Waals surface area contributed by atoms with Crippen LogP contribution in [0.3, 0.4) is 0 Å². The van der Waals surface area contributed by atoms with E-state index in [2.05, 4.69) is 53.4 Å². The van der Waals surface area contributed by atoms with Crippen molar-refractivity contribution in [2.24, 2.45) is 7.05 Å². The molecule has 0 saturated carbocycles. The third-order valence-electron chi connectivity index (χ3n) is 2.99. The molecule has 1 aromatic rings. The van der Waals surface area contributed by atoms with Gasteiger partial charge in [0.1, 0.15) is 3.70 Å². The number of alkyl halides is 1. The Morgan fingerprint density at radius 3 is 2.35 bits per heavy atom. The molecule has 0 aromatic carbocycles. The fourth-order valence-corrected chi connectivity index (χ4v) is 2.84. The zero-order valence-electron chi connectivity index (χ0n) is 11.2. The predicted octanol–water partition coefficient (Wildman–Crippen LogP) is 3.17. The Kier molecular flexibility index (Phi) is 5.73. The van der Waals surface area contributed by atoms with Crippen LogP contribution in [0.15, 0.2) is 0 Å². The molecule has 0 radical (unpaired) electrons. The Morgan fingerprint density at radius 1 is 1.41 bits per heavy atom. The van der Waals surface area contributed by atoms with Crippen LogP contribution in [0.25, 0.3) is 0 Å². The van der Waals surface area contributed by atoms with E-state index >= 15 is 0 Å². The van der Waals surface area contributed by atoms with E-state index in [1.807, 2.05) is 18.7 Å². The molecule has 5 heteroatoms. The third-order valence-corrected chi connectivity index (χ3v) is 3.99. The minimum absolute atomic E-state index is 0.173. The molecule has 0 aliphatic carbocycles. The molecular formula is C12H21ClIN3. The molecule has 98 valence electrons. The normalized spacial score (nSPS) is 13.7. The fraction of sp³-hybridized carbons (Fsp3) is 0.750. The average Bonchev–Trinajstić information content (AvgIpc) is 2.43. The number of nitrogens with zero attached hydrogens (tertiary/aromatic N) is 3. The Bertz CT molecular complexity index is 374. The van der Waals surface area contributed by atoms with Gasteiger partial charge >= 0.3 is 0 Å². The van der Waals surface area contributed by atoms with Crippen LogP contribution in [0.4, 0.5) is 0 Å². The van der Waals surface area contributed by atoms with E-state index in [1.165, 1.54) is 11.3 Å². The van der Waals surface area contributed by atoms with Gasteiger partial charge in [0, 0.05) is 42.8 Å². The van der Waals surface area contributed by atoms with Gasteiger partial charge < -0.3 is 0 Å². The van der Waals surface area contributed by atoms with E-state index in [0.29, 0.717) is 6.04 Å². The number of aryl methyl sites for hydroxylation is 1. The highest BCUT2D eigenvalue weighted by molar-refractivity contribution is 14.1. The first-order valence-electron chi connectivity index (χ1n) is 5.89. The third kappa shape index (κ3) is 4.10. The van der Waals surface area contributed by atoms with Crippen LogP contribution in [-0.4, -0.2) is 32.6 Å². The minimum Gasteiger partial charge on any atom is -0.295 e.